The maximum absolute atomic E-state index is 13.7. The number of nitrogens with zero attached hydrogens (tertiary/aromatic N) is 2. The van der Waals surface area contributed by atoms with E-state index in [9.17, 15) is 14.4 Å². The van der Waals surface area contributed by atoms with Crippen molar-refractivity contribution in [1.82, 2.24) is 15.5 Å². The molecule has 0 aromatic heterocycles. The zero-order chi connectivity index (χ0) is 29.4. The predicted octanol–water partition coefficient (Wildman–Crippen LogP) is 4.51. The number of fused-ring (bicyclic) bond motifs is 1. The molecule has 3 atom stereocenters. The average molecular weight is 560 g/mol. The fourth-order valence-corrected chi connectivity index (χ4v) is 7.44. The third-order valence-corrected chi connectivity index (χ3v) is 9.56. The van der Waals surface area contributed by atoms with E-state index in [0.29, 0.717) is 18.5 Å². The van der Waals surface area contributed by atoms with Crippen molar-refractivity contribution in [3.05, 3.63) is 53.8 Å². The molecule has 41 heavy (non-hydrogen) atoms. The molecule has 2 fully saturated rings. The van der Waals surface area contributed by atoms with Crippen molar-refractivity contribution in [3.8, 4) is 0 Å². The smallest absolute Gasteiger partial charge is 0.244 e. The van der Waals surface area contributed by atoms with Gasteiger partial charge in [-0.2, -0.15) is 0 Å². The standard InChI is InChI=1S/C33H45N5O3/c1-22-26(11-10-16-35-22)32(20-27(39)34-5)18-23-12-13-25(17-24(23)19-32)36-28(40)21-38-30(41)29(31(2,3)4)37-33(38)14-8-6-7-9-15-33/h10-13,16-17,26,29,37H,1,6-9,14-15,18-21H2,2-5H3,(H,34,39)(H,36,40). The van der Waals surface area contributed by atoms with Crippen LogP contribution in [0.2, 0.25) is 0 Å². The number of anilines is 1. The molecule has 220 valence electrons. The van der Waals surface area contributed by atoms with Crippen molar-refractivity contribution >= 4 is 29.6 Å². The van der Waals surface area contributed by atoms with E-state index in [1.165, 1.54) is 5.56 Å². The second-order valence-electron chi connectivity index (χ2n) is 13.5. The van der Waals surface area contributed by atoms with Gasteiger partial charge >= 0.3 is 0 Å². The predicted molar refractivity (Wildman–Crippen MR) is 162 cm³/mol. The van der Waals surface area contributed by atoms with Gasteiger partial charge in [0.1, 0.15) is 6.54 Å². The van der Waals surface area contributed by atoms with Crippen LogP contribution in [0.15, 0.2) is 47.6 Å². The number of benzene rings is 1. The lowest BCUT2D eigenvalue weighted by Crippen LogP contribution is -2.54. The summed E-state index contributed by atoms with van der Waals surface area (Å²) in [5.41, 5.74) is 2.70. The van der Waals surface area contributed by atoms with Gasteiger partial charge in [0.15, 0.2) is 0 Å². The fourth-order valence-electron chi connectivity index (χ4n) is 7.44. The van der Waals surface area contributed by atoms with Gasteiger partial charge in [-0.25, -0.2) is 0 Å². The molecule has 8 nitrogen and oxygen atoms in total. The van der Waals surface area contributed by atoms with E-state index in [4.69, 9.17) is 0 Å². The van der Waals surface area contributed by atoms with Gasteiger partial charge < -0.3 is 15.5 Å². The van der Waals surface area contributed by atoms with Crippen molar-refractivity contribution in [1.29, 1.82) is 0 Å². The summed E-state index contributed by atoms with van der Waals surface area (Å²) in [6, 6.07) is 5.70. The normalized spacial score (nSPS) is 27.2. The number of nitrogens with one attached hydrogen (secondary N) is 3. The van der Waals surface area contributed by atoms with Crippen LogP contribution in [0.4, 0.5) is 5.69 Å². The summed E-state index contributed by atoms with van der Waals surface area (Å²) < 4.78 is 0. The van der Waals surface area contributed by atoms with Crippen molar-refractivity contribution in [2.75, 3.05) is 18.9 Å². The van der Waals surface area contributed by atoms with Gasteiger partial charge in [-0.1, -0.05) is 52.3 Å². The van der Waals surface area contributed by atoms with Gasteiger partial charge in [-0.3, -0.25) is 24.7 Å². The largest absolute Gasteiger partial charge is 0.359 e. The molecular weight excluding hydrogens is 514 g/mol. The summed E-state index contributed by atoms with van der Waals surface area (Å²) in [6.07, 6.45) is 13.7. The molecule has 3 N–H and O–H groups in total. The van der Waals surface area contributed by atoms with Gasteiger partial charge in [-0.15, -0.1) is 0 Å². The number of hydrogen-bond donors (Lipinski definition) is 3. The van der Waals surface area contributed by atoms with Crippen LogP contribution in [0.5, 0.6) is 0 Å². The summed E-state index contributed by atoms with van der Waals surface area (Å²) in [6.45, 7) is 10.4. The number of amides is 3. The number of carbonyl (C=O) groups excluding carboxylic acids is 3. The highest BCUT2D eigenvalue weighted by Gasteiger charge is 2.53. The second kappa shape index (κ2) is 11.2. The molecule has 1 aromatic rings. The first-order chi connectivity index (χ1) is 19.5. The van der Waals surface area contributed by atoms with Crippen LogP contribution in [0, 0.1) is 16.7 Å². The van der Waals surface area contributed by atoms with Gasteiger partial charge in [0, 0.05) is 37.0 Å². The van der Waals surface area contributed by atoms with Gasteiger partial charge in [0.25, 0.3) is 0 Å². The molecule has 1 spiro atoms. The Morgan fingerprint density at radius 2 is 1.80 bits per heavy atom. The van der Waals surface area contributed by atoms with Crippen LogP contribution in [-0.2, 0) is 27.2 Å². The Morgan fingerprint density at radius 1 is 1.10 bits per heavy atom. The number of allylic oxidation sites excluding steroid dienone is 2. The number of carbonyl (C=O) groups is 3. The second-order valence-corrected chi connectivity index (χ2v) is 13.5. The molecule has 8 heteroatoms. The Labute approximate surface area is 244 Å². The highest BCUT2D eigenvalue weighted by molar-refractivity contribution is 5.96. The third-order valence-electron chi connectivity index (χ3n) is 9.56. The summed E-state index contributed by atoms with van der Waals surface area (Å²) >= 11 is 0. The molecule has 0 bridgehead atoms. The maximum Gasteiger partial charge on any atom is 0.244 e. The molecule has 1 saturated carbocycles. The van der Waals surface area contributed by atoms with E-state index in [0.717, 1.165) is 56.2 Å². The molecule has 1 aromatic carbocycles. The minimum Gasteiger partial charge on any atom is -0.359 e. The fraction of sp³-hybridized carbons (Fsp3) is 0.576. The van der Waals surface area contributed by atoms with Crippen LogP contribution in [0.3, 0.4) is 0 Å². The lowest BCUT2D eigenvalue weighted by Gasteiger charge is -2.37. The van der Waals surface area contributed by atoms with E-state index in [-0.39, 0.29) is 47.1 Å². The van der Waals surface area contributed by atoms with E-state index >= 15 is 0 Å². The molecule has 3 amide bonds. The first-order valence-corrected chi connectivity index (χ1v) is 15.1. The van der Waals surface area contributed by atoms with Crippen LogP contribution < -0.4 is 16.0 Å². The first kappa shape index (κ1) is 29.2. The highest BCUT2D eigenvalue weighted by atomic mass is 16.2. The first-order valence-electron chi connectivity index (χ1n) is 15.1. The van der Waals surface area contributed by atoms with Crippen LogP contribution in [0.1, 0.15) is 76.8 Å². The quantitative estimate of drug-likeness (QED) is 0.477. The minimum absolute atomic E-state index is 0.00743. The Kier molecular flexibility index (Phi) is 7.99. The molecule has 5 rings (SSSR count). The van der Waals surface area contributed by atoms with Gasteiger partial charge in [0.05, 0.1) is 11.7 Å². The molecule has 2 aliphatic heterocycles. The molecule has 4 aliphatic rings. The van der Waals surface area contributed by atoms with Crippen molar-refractivity contribution < 1.29 is 14.4 Å². The summed E-state index contributed by atoms with van der Waals surface area (Å²) in [5.74, 6) is -0.223. The summed E-state index contributed by atoms with van der Waals surface area (Å²) in [7, 11) is 1.67. The molecule has 2 aliphatic carbocycles. The van der Waals surface area contributed by atoms with E-state index in [2.05, 4.69) is 60.4 Å². The molecular formula is C33H45N5O3. The number of dihydropyridines is 1. The zero-order valence-electron chi connectivity index (χ0n) is 25.0. The lowest BCUT2D eigenvalue weighted by molar-refractivity contribution is -0.137. The van der Waals surface area contributed by atoms with Crippen molar-refractivity contribution in [2.45, 2.75) is 90.3 Å². The van der Waals surface area contributed by atoms with E-state index < -0.39 is 5.66 Å². The molecule has 1 saturated heterocycles. The SMILES string of the molecule is C=C1N=CC=CC1C1(CC(=O)NC)Cc2ccc(NC(=O)CN3C(=O)C(C(C)(C)C)NC34CCCCCC4)cc2C1. The van der Waals surface area contributed by atoms with E-state index in [1.54, 1.807) is 13.3 Å². The van der Waals surface area contributed by atoms with Crippen LogP contribution in [-0.4, -0.2) is 54.1 Å². The maximum atomic E-state index is 13.7. The van der Waals surface area contributed by atoms with Gasteiger partial charge in [-0.05, 0) is 78.7 Å². The monoisotopic (exact) mass is 559 g/mol. The Hall–Kier alpha value is -3.26. The van der Waals surface area contributed by atoms with E-state index in [1.807, 2.05) is 23.1 Å². The molecule has 0 radical (unpaired) electrons. The van der Waals surface area contributed by atoms with Crippen LogP contribution >= 0.6 is 0 Å². The molecule has 2 heterocycles. The summed E-state index contributed by atoms with van der Waals surface area (Å²) in [5, 5.41) is 9.57. The summed E-state index contributed by atoms with van der Waals surface area (Å²) in [4.78, 5) is 46.0. The Morgan fingerprint density at radius 3 is 2.46 bits per heavy atom. The third kappa shape index (κ3) is 5.76. The average Bonchev–Trinajstić information content (AvgIpc) is 3.29. The minimum atomic E-state index is -0.460. The topological polar surface area (TPSA) is 103 Å². The zero-order valence-corrected chi connectivity index (χ0v) is 25.0. The lowest BCUT2D eigenvalue weighted by atomic mass is 9.68. The van der Waals surface area contributed by atoms with Crippen molar-refractivity contribution in [3.63, 3.8) is 0 Å². The Balaban J connectivity index is 1.34. The van der Waals surface area contributed by atoms with Gasteiger partial charge in [0.2, 0.25) is 17.7 Å². The molecule has 3 unspecified atom stereocenters. The number of hydrogen-bond acceptors (Lipinski definition) is 5. The number of aliphatic imine (C=N–C) groups is 1. The van der Waals surface area contributed by atoms with Crippen LogP contribution in [0.25, 0.3) is 0 Å². The van der Waals surface area contributed by atoms with Crippen molar-refractivity contribution in [2.24, 2.45) is 21.7 Å². The highest BCUT2D eigenvalue weighted by Crippen LogP contribution is 2.49. The Bertz CT molecular complexity index is 1280. The number of rotatable bonds is 6.